The van der Waals surface area contributed by atoms with E-state index in [0.29, 0.717) is 36.9 Å². The summed E-state index contributed by atoms with van der Waals surface area (Å²) in [6.07, 6.45) is 3.81. The Kier molecular flexibility index (Phi) is 15.7. The summed E-state index contributed by atoms with van der Waals surface area (Å²) in [5, 5.41) is 0. The van der Waals surface area contributed by atoms with Gasteiger partial charge in [-0.15, -0.1) is 0 Å². The van der Waals surface area contributed by atoms with E-state index in [9.17, 15) is 43.2 Å². The molecule has 17 nitrogen and oxygen atoms in total. The van der Waals surface area contributed by atoms with Crippen molar-refractivity contribution < 1.29 is 81.0 Å². The maximum Gasteiger partial charge on any atom is 0.347 e. The summed E-state index contributed by atoms with van der Waals surface area (Å²) in [6, 6.07) is 0. The van der Waals surface area contributed by atoms with Crippen LogP contribution < -0.4 is 0 Å². The van der Waals surface area contributed by atoms with Crippen molar-refractivity contribution in [2.24, 2.45) is 17.8 Å². The number of ketones is 1. The number of hydrogen-bond donors (Lipinski definition) is 0. The van der Waals surface area contributed by atoms with Crippen LogP contribution in [0.25, 0.3) is 0 Å². The molecule has 4 bridgehead atoms. The molecule has 6 fully saturated rings. The van der Waals surface area contributed by atoms with Gasteiger partial charge < -0.3 is 37.9 Å². The van der Waals surface area contributed by atoms with Gasteiger partial charge in [0.15, 0.2) is 19.8 Å². The van der Waals surface area contributed by atoms with Crippen LogP contribution in [0.1, 0.15) is 72.1 Å². The van der Waals surface area contributed by atoms with E-state index in [1.165, 1.54) is 20.8 Å². The van der Waals surface area contributed by atoms with Crippen LogP contribution in [-0.2, 0) is 81.0 Å². The zero-order valence-electron chi connectivity index (χ0n) is 30.6. The Morgan fingerprint density at radius 1 is 0.685 bits per heavy atom. The highest BCUT2D eigenvalue weighted by atomic mass is 16.6. The summed E-state index contributed by atoms with van der Waals surface area (Å²) < 4.78 is 38.4. The summed E-state index contributed by atoms with van der Waals surface area (Å²) in [5.74, 6) is -3.72. The smallest absolute Gasteiger partial charge is 0.347 e. The Hall–Kier alpha value is -5.35. The third kappa shape index (κ3) is 13.6. The molecule has 6 rings (SSSR count). The van der Waals surface area contributed by atoms with Crippen LogP contribution in [-0.4, -0.2) is 104 Å². The van der Waals surface area contributed by atoms with Gasteiger partial charge in [-0.2, -0.15) is 0 Å². The van der Waals surface area contributed by atoms with Crippen LogP contribution in [0.5, 0.6) is 0 Å². The number of rotatable bonds is 12. The minimum Gasteiger partial charge on any atom is -0.463 e. The molecule has 0 aromatic heterocycles. The molecule has 54 heavy (non-hydrogen) atoms. The van der Waals surface area contributed by atoms with E-state index in [4.69, 9.17) is 18.9 Å². The van der Waals surface area contributed by atoms with Crippen LogP contribution >= 0.6 is 0 Å². The number of esters is 8. The maximum atomic E-state index is 12.2. The molecule has 4 saturated carbocycles. The minimum absolute atomic E-state index is 0.0389. The fraction of sp³-hybridized carbons (Fsp3) is 0.595. The van der Waals surface area contributed by atoms with Crippen LogP contribution in [0.3, 0.4) is 0 Å². The van der Waals surface area contributed by atoms with Gasteiger partial charge in [-0.05, 0) is 64.7 Å². The molecule has 0 spiro atoms. The Morgan fingerprint density at radius 3 is 1.72 bits per heavy atom. The zero-order valence-corrected chi connectivity index (χ0v) is 30.6. The van der Waals surface area contributed by atoms with Crippen LogP contribution in [0, 0.1) is 17.8 Å². The molecule has 6 unspecified atom stereocenters. The monoisotopic (exact) mass is 762 g/mol. The number of carbonyl (C=O) groups is 9. The van der Waals surface area contributed by atoms with Crippen molar-refractivity contribution in [2.45, 2.75) is 89.9 Å². The standard InChI is InChI=1S/C17H22O5.2C10H12O6/c1-10(2)16(20)21-9-15(19)22-17-6-11-3-12(7-17)5-14(18)13(4-11)8-17;1-6(2)10(13)15-5-9(12)16-7-3-8(11)14-4-7;1-6(2)9(12)15-5-8(11)16-7-3-4-14-10(7)13/h11-13H,1,3-9H2,2H3;2*7H,1,3-5H2,2H3. The topological polar surface area (TPSA) is 227 Å². The van der Waals surface area contributed by atoms with E-state index in [2.05, 4.69) is 38.7 Å². The largest absolute Gasteiger partial charge is 0.463 e. The SMILES string of the molecule is C=C(C)C(=O)OCC(=O)OC12CC3CC(=O)C(CC(C3)C1)C2.C=C(C)C(=O)OCC(=O)OC1CCOC1=O.C=C(C)C(=O)OCC(=O)OC1COC(=O)C1. The highest BCUT2D eigenvalue weighted by Gasteiger charge is 2.53. The van der Waals surface area contributed by atoms with E-state index < -0.39 is 78.8 Å². The van der Waals surface area contributed by atoms with Gasteiger partial charge in [0.1, 0.15) is 24.1 Å². The molecule has 296 valence electrons. The molecule has 0 amide bonds. The third-order valence-corrected chi connectivity index (χ3v) is 8.79. The molecule has 6 aliphatic rings. The van der Waals surface area contributed by atoms with Gasteiger partial charge in [-0.25, -0.2) is 33.6 Å². The highest BCUT2D eigenvalue weighted by molar-refractivity contribution is 5.90. The molecular weight excluding hydrogens is 716 g/mol. The predicted octanol–water partition coefficient (Wildman–Crippen LogP) is 2.12. The molecule has 2 aliphatic heterocycles. The van der Waals surface area contributed by atoms with Crippen molar-refractivity contribution in [3.8, 4) is 0 Å². The van der Waals surface area contributed by atoms with E-state index in [-0.39, 0.29) is 48.9 Å². The molecule has 4 aliphatic carbocycles. The van der Waals surface area contributed by atoms with Gasteiger partial charge in [0.05, 0.1) is 13.0 Å². The summed E-state index contributed by atoms with van der Waals surface area (Å²) in [4.78, 5) is 101. The second-order valence-electron chi connectivity index (χ2n) is 13.8. The Bertz CT molecular complexity index is 1560. The maximum absolute atomic E-state index is 12.2. The lowest BCUT2D eigenvalue weighted by Crippen LogP contribution is -2.47. The van der Waals surface area contributed by atoms with Gasteiger partial charge in [0.2, 0.25) is 6.10 Å². The number of hydrogen-bond acceptors (Lipinski definition) is 17. The lowest BCUT2D eigenvalue weighted by atomic mass is 9.65. The summed E-state index contributed by atoms with van der Waals surface area (Å²) in [7, 11) is 0. The van der Waals surface area contributed by atoms with Crippen molar-refractivity contribution in [3.05, 3.63) is 36.5 Å². The Labute approximate surface area is 311 Å². The van der Waals surface area contributed by atoms with E-state index in [1.54, 1.807) is 0 Å². The Balaban J connectivity index is 0.000000223. The van der Waals surface area contributed by atoms with Crippen LogP contribution in [0.4, 0.5) is 0 Å². The van der Waals surface area contributed by atoms with E-state index >= 15 is 0 Å². The van der Waals surface area contributed by atoms with Gasteiger partial charge >= 0.3 is 47.8 Å². The van der Waals surface area contributed by atoms with Crippen molar-refractivity contribution >= 4 is 53.5 Å². The van der Waals surface area contributed by atoms with Gasteiger partial charge in [0.25, 0.3) is 0 Å². The van der Waals surface area contributed by atoms with Crippen molar-refractivity contribution in [1.82, 2.24) is 0 Å². The molecule has 0 N–H and O–H groups in total. The average Bonchev–Trinajstić information content (AvgIpc) is 3.65. The van der Waals surface area contributed by atoms with Crippen LogP contribution in [0.2, 0.25) is 0 Å². The minimum atomic E-state index is -0.879. The van der Waals surface area contributed by atoms with E-state index in [1.807, 2.05) is 0 Å². The molecule has 6 atom stereocenters. The summed E-state index contributed by atoms with van der Waals surface area (Å²) >= 11 is 0. The first-order valence-corrected chi connectivity index (χ1v) is 17.3. The fourth-order valence-corrected chi connectivity index (χ4v) is 6.61. The Morgan fingerprint density at radius 2 is 1.22 bits per heavy atom. The first-order valence-electron chi connectivity index (χ1n) is 17.3. The third-order valence-electron chi connectivity index (χ3n) is 8.79. The first kappa shape index (κ1) is 43.1. The second kappa shape index (κ2) is 19.6. The molecular formula is C37H46O17. The lowest BCUT2D eigenvalue weighted by molar-refractivity contribution is -0.181. The predicted molar refractivity (Wildman–Crippen MR) is 180 cm³/mol. The highest BCUT2D eigenvalue weighted by Crippen LogP contribution is 2.53. The molecule has 17 heteroatoms. The van der Waals surface area contributed by atoms with Crippen molar-refractivity contribution in [3.63, 3.8) is 0 Å². The normalized spacial score (nSPS) is 25.8. The molecule has 0 aromatic rings. The number of fused-ring (bicyclic) bond motifs is 1. The van der Waals surface area contributed by atoms with E-state index in [0.717, 1.165) is 25.7 Å². The number of ether oxygens (including phenoxy) is 8. The molecule has 0 radical (unpaired) electrons. The van der Waals surface area contributed by atoms with Crippen molar-refractivity contribution in [2.75, 3.05) is 33.0 Å². The summed E-state index contributed by atoms with van der Waals surface area (Å²) in [6.45, 7) is 13.5. The van der Waals surface area contributed by atoms with Crippen LogP contribution in [0.15, 0.2) is 36.5 Å². The molecule has 2 saturated heterocycles. The average molecular weight is 763 g/mol. The number of cyclic esters (lactones) is 2. The number of Topliss-reactive ketones (excluding diaryl/α,β-unsaturated/α-hetero) is 1. The van der Waals surface area contributed by atoms with Crippen molar-refractivity contribution in [1.29, 1.82) is 0 Å². The second-order valence-corrected chi connectivity index (χ2v) is 13.8. The summed E-state index contributed by atoms with van der Waals surface area (Å²) in [5.41, 5.74) is 0.125. The zero-order chi connectivity index (χ0) is 40.2. The molecule has 2 heterocycles. The number of carbonyl (C=O) groups excluding carboxylic acids is 9. The van der Waals surface area contributed by atoms with Gasteiger partial charge in [0, 0.05) is 35.5 Å². The fourth-order valence-electron chi connectivity index (χ4n) is 6.61. The molecule has 0 aromatic carbocycles. The van der Waals surface area contributed by atoms with Gasteiger partial charge in [-0.1, -0.05) is 19.7 Å². The lowest BCUT2D eigenvalue weighted by Gasteiger charge is -2.46. The quantitative estimate of drug-likeness (QED) is 0.158. The van der Waals surface area contributed by atoms with Gasteiger partial charge in [-0.3, -0.25) is 9.59 Å². The first-order chi connectivity index (χ1) is 25.4.